The van der Waals surface area contributed by atoms with Crippen LogP contribution in [0.2, 0.25) is 0 Å². The van der Waals surface area contributed by atoms with Gasteiger partial charge in [0.1, 0.15) is 29.4 Å². The van der Waals surface area contributed by atoms with Crippen molar-refractivity contribution in [2.24, 2.45) is 5.10 Å². The highest BCUT2D eigenvalue weighted by molar-refractivity contribution is 6.01. The van der Waals surface area contributed by atoms with E-state index in [-0.39, 0.29) is 35.2 Å². The molecule has 0 fully saturated rings. The Bertz CT molecular complexity index is 1140. The van der Waals surface area contributed by atoms with Crippen molar-refractivity contribution in [1.82, 2.24) is 5.43 Å². The van der Waals surface area contributed by atoms with Crippen LogP contribution in [0.25, 0.3) is 0 Å². The van der Waals surface area contributed by atoms with Crippen molar-refractivity contribution >= 4 is 11.6 Å². The number of ether oxygens (including phenoxy) is 2. The van der Waals surface area contributed by atoms with Crippen LogP contribution in [-0.4, -0.2) is 23.8 Å². The molecule has 0 spiro atoms. The number of aromatic hydroxyl groups is 1. The molecular weight excluding hydrogens is 392 g/mol. The van der Waals surface area contributed by atoms with Crippen LogP contribution in [0.5, 0.6) is 17.2 Å². The van der Waals surface area contributed by atoms with Gasteiger partial charge >= 0.3 is 11.5 Å². The van der Waals surface area contributed by atoms with E-state index in [0.717, 1.165) is 0 Å². The SMILES string of the molecule is COc1ccccc1OCc1ccc(C(=O)N/N=C(/C)c2c(O)cc(C)oc2=O)o1. The number of carbonyl (C=O) groups is 1. The highest BCUT2D eigenvalue weighted by atomic mass is 16.5. The number of amides is 1. The summed E-state index contributed by atoms with van der Waals surface area (Å²) < 4.78 is 21.3. The topological polar surface area (TPSA) is 124 Å². The molecule has 0 radical (unpaired) electrons. The van der Waals surface area contributed by atoms with Crippen LogP contribution in [0, 0.1) is 6.92 Å². The molecule has 1 amide bonds. The van der Waals surface area contributed by atoms with Crippen molar-refractivity contribution in [3.05, 3.63) is 75.7 Å². The molecule has 1 aromatic carbocycles. The predicted octanol–water partition coefficient (Wildman–Crippen LogP) is 2.99. The minimum Gasteiger partial charge on any atom is -0.507 e. The quantitative estimate of drug-likeness (QED) is 0.452. The Morgan fingerprint density at radius 3 is 2.60 bits per heavy atom. The minimum atomic E-state index is -0.753. The summed E-state index contributed by atoms with van der Waals surface area (Å²) in [6.07, 6.45) is 0. The van der Waals surface area contributed by atoms with E-state index in [4.69, 9.17) is 18.3 Å². The van der Waals surface area contributed by atoms with E-state index in [2.05, 4.69) is 10.5 Å². The highest BCUT2D eigenvalue weighted by Crippen LogP contribution is 2.26. The number of hydrogen-bond acceptors (Lipinski definition) is 8. The fourth-order valence-electron chi connectivity index (χ4n) is 2.64. The Labute approximate surface area is 171 Å². The largest absolute Gasteiger partial charge is 0.507 e. The molecule has 9 nitrogen and oxygen atoms in total. The Hall–Kier alpha value is -4.01. The Kier molecular flexibility index (Phi) is 6.21. The fourth-order valence-corrected chi connectivity index (χ4v) is 2.64. The van der Waals surface area contributed by atoms with Gasteiger partial charge in [0, 0.05) is 6.07 Å². The van der Waals surface area contributed by atoms with Crippen LogP contribution in [0.4, 0.5) is 0 Å². The van der Waals surface area contributed by atoms with E-state index < -0.39 is 11.5 Å². The summed E-state index contributed by atoms with van der Waals surface area (Å²) in [5, 5.41) is 13.8. The molecule has 0 saturated carbocycles. The maximum Gasteiger partial charge on any atom is 0.348 e. The molecular formula is C21H20N2O7. The lowest BCUT2D eigenvalue weighted by molar-refractivity contribution is 0.0923. The number of aryl methyl sites for hydroxylation is 1. The Balaban J connectivity index is 1.65. The van der Waals surface area contributed by atoms with E-state index >= 15 is 0 Å². The zero-order valence-electron chi connectivity index (χ0n) is 16.6. The first-order chi connectivity index (χ1) is 14.4. The standard InChI is InChI=1S/C21H20N2O7/c1-12-10-15(24)19(21(26)29-12)13(2)22-23-20(25)18-9-8-14(30-18)11-28-17-7-5-4-6-16(17)27-3/h4-10,24H,11H2,1-3H3,(H,23,25)/b22-13-. The van der Waals surface area contributed by atoms with Crippen LogP contribution in [0.15, 0.2) is 61.2 Å². The van der Waals surface area contributed by atoms with Crippen LogP contribution in [-0.2, 0) is 6.61 Å². The summed E-state index contributed by atoms with van der Waals surface area (Å²) in [5.74, 6) is 0.891. The number of hydrazone groups is 1. The van der Waals surface area contributed by atoms with Crippen molar-refractivity contribution in [1.29, 1.82) is 0 Å². The van der Waals surface area contributed by atoms with E-state index in [1.807, 2.05) is 12.1 Å². The summed E-state index contributed by atoms with van der Waals surface area (Å²) in [7, 11) is 1.54. The van der Waals surface area contributed by atoms with Gasteiger partial charge in [0.05, 0.1) is 12.8 Å². The molecule has 3 aromatic rings. The first-order valence-electron chi connectivity index (χ1n) is 8.92. The minimum absolute atomic E-state index is 0.00494. The van der Waals surface area contributed by atoms with E-state index in [9.17, 15) is 14.7 Å². The van der Waals surface area contributed by atoms with Crippen molar-refractivity contribution in [2.75, 3.05) is 7.11 Å². The lowest BCUT2D eigenvalue weighted by Gasteiger charge is -2.08. The zero-order valence-corrected chi connectivity index (χ0v) is 16.6. The number of para-hydroxylation sites is 2. The first-order valence-corrected chi connectivity index (χ1v) is 8.92. The normalized spacial score (nSPS) is 11.2. The Morgan fingerprint density at radius 2 is 1.90 bits per heavy atom. The monoisotopic (exact) mass is 412 g/mol. The molecule has 0 saturated heterocycles. The van der Waals surface area contributed by atoms with Crippen LogP contribution >= 0.6 is 0 Å². The van der Waals surface area contributed by atoms with E-state index in [1.54, 1.807) is 25.3 Å². The van der Waals surface area contributed by atoms with Crippen LogP contribution in [0.1, 0.15) is 34.6 Å². The molecule has 2 N–H and O–H groups in total. The summed E-state index contributed by atoms with van der Waals surface area (Å²) in [6, 6.07) is 11.5. The third kappa shape index (κ3) is 4.69. The third-order valence-corrected chi connectivity index (χ3v) is 4.07. The number of furan rings is 1. The molecule has 2 heterocycles. The smallest absolute Gasteiger partial charge is 0.348 e. The molecule has 30 heavy (non-hydrogen) atoms. The van der Waals surface area contributed by atoms with Gasteiger partial charge in [-0.1, -0.05) is 12.1 Å². The predicted molar refractivity (Wildman–Crippen MR) is 107 cm³/mol. The van der Waals surface area contributed by atoms with E-state index in [1.165, 1.54) is 26.0 Å². The molecule has 0 aliphatic rings. The molecule has 0 unspecified atom stereocenters. The molecule has 0 bridgehead atoms. The second kappa shape index (κ2) is 8.99. The van der Waals surface area contributed by atoms with Crippen LogP contribution < -0.4 is 20.5 Å². The lowest BCUT2D eigenvalue weighted by Crippen LogP contribution is -2.21. The number of nitrogens with one attached hydrogen (secondary N) is 1. The van der Waals surface area contributed by atoms with Gasteiger partial charge in [-0.3, -0.25) is 4.79 Å². The number of hydrogen-bond donors (Lipinski definition) is 2. The van der Waals surface area contributed by atoms with Gasteiger partial charge in [0.15, 0.2) is 17.3 Å². The Morgan fingerprint density at radius 1 is 1.17 bits per heavy atom. The van der Waals surface area contributed by atoms with Gasteiger partial charge in [0.2, 0.25) is 0 Å². The van der Waals surface area contributed by atoms with Crippen molar-refractivity contribution in [3.63, 3.8) is 0 Å². The van der Waals surface area contributed by atoms with Crippen molar-refractivity contribution < 1.29 is 28.2 Å². The summed E-state index contributed by atoms with van der Waals surface area (Å²) in [4.78, 5) is 24.1. The number of benzene rings is 1. The number of rotatable bonds is 7. The number of methoxy groups -OCH3 is 1. The molecule has 2 aromatic heterocycles. The number of nitrogens with zero attached hydrogens (tertiary/aromatic N) is 1. The fraction of sp³-hybridized carbons (Fsp3) is 0.190. The second-order valence-electron chi connectivity index (χ2n) is 6.25. The highest BCUT2D eigenvalue weighted by Gasteiger charge is 2.15. The third-order valence-electron chi connectivity index (χ3n) is 4.07. The molecule has 0 aliphatic carbocycles. The molecule has 9 heteroatoms. The van der Waals surface area contributed by atoms with Gasteiger partial charge in [-0.2, -0.15) is 5.10 Å². The maximum absolute atomic E-state index is 12.3. The number of carbonyl (C=O) groups excluding carboxylic acids is 1. The van der Waals surface area contributed by atoms with Gasteiger partial charge in [-0.25, -0.2) is 10.2 Å². The average molecular weight is 412 g/mol. The molecule has 3 rings (SSSR count). The van der Waals surface area contributed by atoms with Gasteiger partial charge in [-0.05, 0) is 38.1 Å². The summed E-state index contributed by atoms with van der Waals surface area (Å²) in [6.45, 7) is 3.08. The van der Waals surface area contributed by atoms with Crippen molar-refractivity contribution in [2.45, 2.75) is 20.5 Å². The van der Waals surface area contributed by atoms with Crippen LogP contribution in [0.3, 0.4) is 0 Å². The first kappa shape index (κ1) is 20.7. The van der Waals surface area contributed by atoms with Gasteiger partial charge in [-0.15, -0.1) is 0 Å². The summed E-state index contributed by atoms with van der Waals surface area (Å²) >= 11 is 0. The van der Waals surface area contributed by atoms with Gasteiger partial charge in [0.25, 0.3) is 0 Å². The summed E-state index contributed by atoms with van der Waals surface area (Å²) in [5.41, 5.74) is 1.47. The zero-order chi connectivity index (χ0) is 21.7. The van der Waals surface area contributed by atoms with Crippen molar-refractivity contribution in [3.8, 4) is 17.2 Å². The second-order valence-corrected chi connectivity index (χ2v) is 6.25. The van der Waals surface area contributed by atoms with Gasteiger partial charge < -0.3 is 23.4 Å². The molecule has 0 atom stereocenters. The average Bonchev–Trinajstić information content (AvgIpc) is 3.19. The molecule has 156 valence electrons. The lowest BCUT2D eigenvalue weighted by atomic mass is 10.2. The maximum atomic E-state index is 12.3. The molecule has 0 aliphatic heterocycles. The van der Waals surface area contributed by atoms with E-state index in [0.29, 0.717) is 17.3 Å².